The molecule has 2 saturated heterocycles. The van der Waals surface area contributed by atoms with Gasteiger partial charge < -0.3 is 14.9 Å². The zero-order valence-corrected chi connectivity index (χ0v) is 14.9. The third-order valence-corrected chi connectivity index (χ3v) is 6.94. The van der Waals surface area contributed by atoms with Gasteiger partial charge in [0, 0.05) is 37.6 Å². The van der Waals surface area contributed by atoms with Gasteiger partial charge in [0.2, 0.25) is 0 Å². The predicted octanol–water partition coefficient (Wildman–Crippen LogP) is 2.16. The number of anilines is 1. The monoisotopic (exact) mass is 346 g/mol. The molecule has 0 aromatic heterocycles. The molecule has 24 heavy (non-hydrogen) atoms. The van der Waals surface area contributed by atoms with E-state index in [4.69, 9.17) is 0 Å². The number of benzene rings is 1. The highest BCUT2D eigenvalue weighted by Crippen LogP contribution is 2.32. The molecule has 0 aliphatic carbocycles. The summed E-state index contributed by atoms with van der Waals surface area (Å²) in [5.41, 5.74) is 1.77. The van der Waals surface area contributed by atoms with Crippen LogP contribution in [0.2, 0.25) is 0 Å². The van der Waals surface area contributed by atoms with Gasteiger partial charge in [-0.2, -0.15) is 11.8 Å². The van der Waals surface area contributed by atoms with Gasteiger partial charge >= 0.3 is 0 Å². The zero-order valence-electron chi connectivity index (χ0n) is 14.1. The molecule has 1 aromatic rings. The summed E-state index contributed by atoms with van der Waals surface area (Å²) in [6.45, 7) is 3.81. The van der Waals surface area contributed by atoms with Crippen molar-refractivity contribution in [2.45, 2.75) is 31.3 Å². The van der Waals surface area contributed by atoms with Gasteiger partial charge in [0.15, 0.2) is 5.60 Å². The van der Waals surface area contributed by atoms with E-state index in [0.717, 1.165) is 51.2 Å². The first kappa shape index (κ1) is 16.3. The Balaban J connectivity index is 1.32. The van der Waals surface area contributed by atoms with Gasteiger partial charge in [0.1, 0.15) is 0 Å². The number of hydrogen-bond donors (Lipinski definition) is 1. The molecule has 0 saturated carbocycles. The second-order valence-corrected chi connectivity index (χ2v) is 8.50. The molecule has 1 amide bonds. The average molecular weight is 346 g/mol. The Labute approximate surface area is 148 Å². The number of aliphatic hydroxyl groups is 1. The summed E-state index contributed by atoms with van der Waals surface area (Å²) in [5.74, 6) is 2.08. The van der Waals surface area contributed by atoms with E-state index >= 15 is 0 Å². The van der Waals surface area contributed by atoms with Crippen LogP contribution in [-0.2, 0) is 11.2 Å². The van der Waals surface area contributed by atoms with Crippen LogP contribution in [0.4, 0.5) is 5.69 Å². The average Bonchev–Trinajstić information content (AvgIpc) is 3.23. The first-order chi connectivity index (χ1) is 11.7. The summed E-state index contributed by atoms with van der Waals surface area (Å²) < 4.78 is 0. The van der Waals surface area contributed by atoms with Crippen LogP contribution in [0.1, 0.15) is 24.8 Å². The number of carbonyl (C=O) groups excluding carboxylic acids is 1. The summed E-state index contributed by atoms with van der Waals surface area (Å²) in [6, 6.07) is 8.71. The Bertz CT molecular complexity index is 607. The number of carbonyl (C=O) groups is 1. The Morgan fingerprint density at radius 3 is 2.79 bits per heavy atom. The fourth-order valence-electron chi connectivity index (χ4n) is 4.24. The molecule has 0 radical (unpaired) electrons. The van der Waals surface area contributed by atoms with Crippen molar-refractivity contribution >= 4 is 23.4 Å². The minimum absolute atomic E-state index is 0.0301. The lowest BCUT2D eigenvalue weighted by atomic mass is 9.93. The van der Waals surface area contributed by atoms with Crippen LogP contribution < -0.4 is 4.90 Å². The summed E-state index contributed by atoms with van der Waals surface area (Å²) in [6.07, 6.45) is 3.86. The molecule has 4 nitrogen and oxygen atoms in total. The number of rotatable bonds is 3. The first-order valence-corrected chi connectivity index (χ1v) is 10.2. The van der Waals surface area contributed by atoms with E-state index in [9.17, 15) is 9.90 Å². The SMILES string of the molecule is O=C(N1CCC(CN2CCc3ccccc32)CC1)C1(O)CCSC1. The lowest BCUT2D eigenvalue weighted by Gasteiger charge is -2.37. The highest BCUT2D eigenvalue weighted by Gasteiger charge is 2.43. The number of amides is 1. The Kier molecular flexibility index (Phi) is 4.48. The Morgan fingerprint density at radius 1 is 1.25 bits per heavy atom. The molecular weight excluding hydrogens is 320 g/mol. The van der Waals surface area contributed by atoms with Crippen molar-refractivity contribution in [1.29, 1.82) is 0 Å². The van der Waals surface area contributed by atoms with Gasteiger partial charge in [-0.25, -0.2) is 0 Å². The number of thioether (sulfide) groups is 1. The number of fused-ring (bicyclic) bond motifs is 1. The lowest BCUT2D eigenvalue weighted by Crippen LogP contribution is -2.52. The predicted molar refractivity (Wildman–Crippen MR) is 98.6 cm³/mol. The Hall–Kier alpha value is -1.20. The van der Waals surface area contributed by atoms with Crippen LogP contribution in [0.5, 0.6) is 0 Å². The molecule has 1 unspecified atom stereocenters. The maximum Gasteiger partial charge on any atom is 0.255 e. The largest absolute Gasteiger partial charge is 0.379 e. The number of nitrogens with zero attached hydrogens (tertiary/aromatic N) is 2. The molecule has 0 bridgehead atoms. The minimum atomic E-state index is -1.09. The van der Waals surface area contributed by atoms with Crippen LogP contribution in [-0.4, -0.2) is 59.2 Å². The molecule has 130 valence electrons. The summed E-state index contributed by atoms with van der Waals surface area (Å²) >= 11 is 1.68. The maximum atomic E-state index is 12.6. The van der Waals surface area contributed by atoms with E-state index < -0.39 is 5.60 Å². The highest BCUT2D eigenvalue weighted by molar-refractivity contribution is 7.99. The third-order valence-electron chi connectivity index (χ3n) is 5.76. The van der Waals surface area contributed by atoms with E-state index in [2.05, 4.69) is 29.2 Å². The molecule has 3 aliphatic heterocycles. The van der Waals surface area contributed by atoms with E-state index in [1.165, 1.54) is 11.3 Å². The van der Waals surface area contributed by atoms with Gasteiger partial charge in [0.05, 0.1) is 0 Å². The summed E-state index contributed by atoms with van der Waals surface area (Å²) in [4.78, 5) is 17.0. The standard InChI is InChI=1S/C19H26N2O2S/c22-18(19(23)8-12-24-14-19)20-9-5-15(6-10-20)13-21-11-7-16-3-1-2-4-17(16)21/h1-4,15,23H,5-14H2. The van der Waals surface area contributed by atoms with Crippen molar-refractivity contribution in [3.63, 3.8) is 0 Å². The highest BCUT2D eigenvalue weighted by atomic mass is 32.2. The van der Waals surface area contributed by atoms with Gasteiger partial charge in [-0.15, -0.1) is 0 Å². The van der Waals surface area contributed by atoms with Gasteiger partial charge in [-0.05, 0) is 49.0 Å². The van der Waals surface area contributed by atoms with Gasteiger partial charge in [-0.3, -0.25) is 4.79 Å². The molecule has 3 heterocycles. The first-order valence-electron chi connectivity index (χ1n) is 9.08. The number of likely N-dealkylation sites (tertiary alicyclic amines) is 1. The second kappa shape index (κ2) is 6.60. The molecule has 1 atom stereocenters. The minimum Gasteiger partial charge on any atom is -0.379 e. The molecule has 3 aliphatic rings. The van der Waals surface area contributed by atoms with E-state index in [1.54, 1.807) is 11.8 Å². The smallest absolute Gasteiger partial charge is 0.255 e. The summed E-state index contributed by atoms with van der Waals surface area (Å²) in [5, 5.41) is 10.5. The summed E-state index contributed by atoms with van der Waals surface area (Å²) in [7, 11) is 0. The number of piperidine rings is 1. The van der Waals surface area contributed by atoms with E-state index in [0.29, 0.717) is 18.1 Å². The van der Waals surface area contributed by atoms with Crippen LogP contribution >= 0.6 is 11.8 Å². The fourth-order valence-corrected chi connectivity index (χ4v) is 5.48. The molecule has 0 spiro atoms. The van der Waals surface area contributed by atoms with Crippen LogP contribution in [0, 0.1) is 5.92 Å². The Morgan fingerprint density at radius 2 is 2.04 bits per heavy atom. The zero-order chi connectivity index (χ0) is 16.6. The van der Waals surface area contributed by atoms with Crippen LogP contribution in [0.15, 0.2) is 24.3 Å². The molecular formula is C19H26N2O2S. The lowest BCUT2D eigenvalue weighted by molar-refractivity contribution is -0.150. The van der Waals surface area contributed by atoms with Crippen LogP contribution in [0.3, 0.4) is 0 Å². The second-order valence-electron chi connectivity index (χ2n) is 7.39. The van der Waals surface area contributed by atoms with E-state index in [1.807, 2.05) is 4.90 Å². The van der Waals surface area contributed by atoms with Gasteiger partial charge in [-0.1, -0.05) is 18.2 Å². The quantitative estimate of drug-likeness (QED) is 0.911. The molecule has 1 aromatic carbocycles. The fraction of sp³-hybridized carbons (Fsp3) is 0.632. The van der Waals surface area contributed by atoms with E-state index in [-0.39, 0.29) is 5.91 Å². The van der Waals surface area contributed by atoms with Crippen molar-refractivity contribution in [2.75, 3.05) is 42.6 Å². The van der Waals surface area contributed by atoms with Crippen molar-refractivity contribution in [3.05, 3.63) is 29.8 Å². The maximum absolute atomic E-state index is 12.6. The normalized spacial score (nSPS) is 27.5. The van der Waals surface area contributed by atoms with Crippen molar-refractivity contribution in [1.82, 2.24) is 4.90 Å². The molecule has 4 rings (SSSR count). The number of para-hydroxylation sites is 1. The number of hydrogen-bond acceptors (Lipinski definition) is 4. The molecule has 1 N–H and O–H groups in total. The van der Waals surface area contributed by atoms with Crippen molar-refractivity contribution < 1.29 is 9.90 Å². The van der Waals surface area contributed by atoms with Crippen molar-refractivity contribution in [3.8, 4) is 0 Å². The molecule has 2 fully saturated rings. The van der Waals surface area contributed by atoms with Crippen molar-refractivity contribution in [2.24, 2.45) is 5.92 Å². The third kappa shape index (κ3) is 3.04. The van der Waals surface area contributed by atoms with Gasteiger partial charge in [0.25, 0.3) is 5.91 Å². The van der Waals surface area contributed by atoms with Crippen LogP contribution in [0.25, 0.3) is 0 Å². The molecule has 5 heteroatoms. The topological polar surface area (TPSA) is 43.8 Å².